The molecule has 244 valence electrons. The molecule has 0 saturated carbocycles. The van der Waals surface area contributed by atoms with Gasteiger partial charge in [-0.3, -0.25) is 0 Å². The van der Waals surface area contributed by atoms with Gasteiger partial charge in [0.25, 0.3) is 0 Å². The Labute approximate surface area is 309 Å². The minimum Gasteiger partial charge on any atom is -0.507 e. The Morgan fingerprint density at radius 3 is 1.50 bits per heavy atom. The van der Waals surface area contributed by atoms with E-state index in [9.17, 15) is 5.11 Å². The van der Waals surface area contributed by atoms with Crippen LogP contribution in [0.15, 0.2) is 141 Å². The molecular formula is C46H39BOS2. The van der Waals surface area contributed by atoms with Crippen LogP contribution in [0.25, 0.3) is 43.8 Å². The van der Waals surface area contributed by atoms with Gasteiger partial charge in [-0.05, 0) is 90.4 Å². The summed E-state index contributed by atoms with van der Waals surface area (Å²) in [6, 6.07) is 33.4. The Bertz CT molecular complexity index is 2590. The fraction of sp³-hybridized carbons (Fsp3) is 0.174. The molecule has 2 aliphatic rings. The largest absolute Gasteiger partial charge is 0.507 e. The Hall–Kier alpha value is -4.38. The monoisotopic (exact) mass is 686 g/mol. The lowest BCUT2D eigenvalue weighted by molar-refractivity contribution is 0.477. The molecule has 0 amide bonds. The van der Waals surface area contributed by atoms with E-state index in [2.05, 4.69) is 102 Å². The molecule has 0 aliphatic carbocycles. The summed E-state index contributed by atoms with van der Waals surface area (Å²) in [4.78, 5) is 5.05. The van der Waals surface area contributed by atoms with Crippen molar-refractivity contribution in [3.63, 3.8) is 0 Å². The maximum Gasteiger partial charge on any atom is 0.247 e. The molecular weight excluding hydrogens is 643 g/mol. The van der Waals surface area contributed by atoms with Crippen LogP contribution < -0.4 is 16.4 Å². The Morgan fingerprint density at radius 2 is 1.02 bits per heavy atom. The van der Waals surface area contributed by atoms with Gasteiger partial charge in [-0.25, -0.2) is 0 Å². The van der Waals surface area contributed by atoms with Crippen molar-refractivity contribution in [3.05, 3.63) is 132 Å². The van der Waals surface area contributed by atoms with Crippen molar-refractivity contribution in [1.82, 2.24) is 0 Å². The third-order valence-corrected chi connectivity index (χ3v) is 12.6. The standard InChI is InChI=1S/C46H39BOS2/c1-45(2,3)28-19-21-38-35(25-28)47-36-26-29(46(4,5)6)20-22-39(36)50-41-24-27(23-40(49-38)44(41)47)42-30-13-7-9-15-32(30)43(33-16-10-8-14-31(33)42)34-17-11-12-18-37(34)48/h7-26,48H,1-6H3/i11D,12D,17D,18D. The predicted octanol–water partition coefficient (Wildman–Crippen LogP) is 11.1. The number of phenolic OH excluding ortho intramolecular Hbond substituents is 1. The normalized spacial score (nSPS) is 14.8. The zero-order valence-corrected chi connectivity index (χ0v) is 30.7. The maximum atomic E-state index is 11.3. The molecule has 2 aliphatic heterocycles. The van der Waals surface area contributed by atoms with Crippen LogP contribution in [0.5, 0.6) is 5.75 Å². The quantitative estimate of drug-likeness (QED) is 0.144. The molecule has 0 bridgehead atoms. The predicted molar refractivity (Wildman–Crippen MR) is 217 cm³/mol. The van der Waals surface area contributed by atoms with Gasteiger partial charge >= 0.3 is 0 Å². The summed E-state index contributed by atoms with van der Waals surface area (Å²) in [5, 5.41) is 14.9. The van der Waals surface area contributed by atoms with Crippen LogP contribution in [0.1, 0.15) is 58.2 Å². The lowest BCUT2D eigenvalue weighted by Gasteiger charge is -2.35. The van der Waals surface area contributed by atoms with E-state index in [1.54, 1.807) is 0 Å². The van der Waals surface area contributed by atoms with Crippen LogP contribution >= 0.6 is 23.5 Å². The number of benzene rings is 7. The van der Waals surface area contributed by atoms with Crippen LogP contribution in [-0.2, 0) is 10.8 Å². The first-order valence-corrected chi connectivity index (χ1v) is 18.8. The van der Waals surface area contributed by atoms with Gasteiger partial charge < -0.3 is 5.11 Å². The molecule has 0 atom stereocenters. The van der Waals surface area contributed by atoms with E-state index in [0.29, 0.717) is 5.56 Å². The number of aromatic hydroxyl groups is 1. The first kappa shape index (κ1) is 27.4. The molecule has 7 aromatic rings. The van der Waals surface area contributed by atoms with Gasteiger partial charge in [-0.1, -0.05) is 167 Å². The van der Waals surface area contributed by atoms with Crippen LogP contribution in [0.4, 0.5) is 0 Å². The Kier molecular flexibility index (Phi) is 6.19. The SMILES string of the molecule is [2H]c1c([2H])c([2H])c(-c2c3ccccc3c(-c3cc4c5c(c3)Sc3ccc(C(C)(C)C)cc3B5c3cc(C(C)(C)C)ccc3S4)c3ccccc23)c(O)c1[2H]. The van der Waals surface area contributed by atoms with Crippen molar-refractivity contribution in [2.45, 2.75) is 72.0 Å². The van der Waals surface area contributed by atoms with Gasteiger partial charge in [0, 0.05) is 30.7 Å². The third-order valence-electron chi connectivity index (χ3n) is 10.3. The zero-order chi connectivity index (χ0) is 38.0. The molecule has 1 nitrogen and oxygen atoms in total. The average molecular weight is 687 g/mol. The summed E-state index contributed by atoms with van der Waals surface area (Å²) in [6.07, 6.45) is 0. The van der Waals surface area contributed by atoms with Gasteiger partial charge in [0.15, 0.2) is 0 Å². The highest BCUT2D eigenvalue weighted by Crippen LogP contribution is 2.48. The minimum absolute atomic E-state index is 0.0195. The number of fused-ring (bicyclic) bond motifs is 6. The van der Waals surface area contributed by atoms with Crippen molar-refractivity contribution in [3.8, 4) is 28.0 Å². The molecule has 50 heavy (non-hydrogen) atoms. The van der Waals surface area contributed by atoms with E-state index in [4.69, 9.17) is 5.48 Å². The van der Waals surface area contributed by atoms with E-state index in [1.165, 1.54) is 47.1 Å². The summed E-state index contributed by atoms with van der Waals surface area (Å²) in [7, 11) is 0. The number of phenols is 1. The van der Waals surface area contributed by atoms with Crippen molar-refractivity contribution in [2.75, 3.05) is 0 Å². The van der Waals surface area contributed by atoms with Crippen molar-refractivity contribution in [1.29, 1.82) is 0 Å². The lowest BCUT2D eigenvalue weighted by atomic mass is 9.36. The fourth-order valence-electron chi connectivity index (χ4n) is 7.78. The van der Waals surface area contributed by atoms with Crippen LogP contribution in [0.2, 0.25) is 0 Å². The second-order valence-corrected chi connectivity index (χ2v) is 17.8. The molecule has 0 spiro atoms. The molecule has 0 radical (unpaired) electrons. The lowest BCUT2D eigenvalue weighted by Crippen LogP contribution is -2.58. The topological polar surface area (TPSA) is 20.2 Å². The van der Waals surface area contributed by atoms with E-state index < -0.39 is 17.8 Å². The fourth-order valence-corrected chi connectivity index (χ4v) is 10.2. The Morgan fingerprint density at radius 1 is 0.560 bits per heavy atom. The molecule has 0 saturated heterocycles. The summed E-state index contributed by atoms with van der Waals surface area (Å²) in [5.41, 5.74) is 9.68. The average Bonchev–Trinajstić information content (AvgIpc) is 3.14. The highest BCUT2D eigenvalue weighted by atomic mass is 32.2. The first-order chi connectivity index (χ1) is 25.6. The number of para-hydroxylation sites is 1. The van der Waals surface area contributed by atoms with E-state index in [1.807, 2.05) is 59.9 Å². The molecule has 0 fully saturated rings. The number of rotatable bonds is 2. The van der Waals surface area contributed by atoms with E-state index in [-0.39, 0.29) is 35.2 Å². The highest BCUT2D eigenvalue weighted by molar-refractivity contribution is 8.01. The molecule has 4 heteroatoms. The zero-order valence-electron chi connectivity index (χ0n) is 33.1. The third kappa shape index (κ3) is 4.94. The van der Waals surface area contributed by atoms with Crippen molar-refractivity contribution in [2.24, 2.45) is 0 Å². The smallest absolute Gasteiger partial charge is 0.247 e. The van der Waals surface area contributed by atoms with Crippen molar-refractivity contribution >= 4 is 68.2 Å². The van der Waals surface area contributed by atoms with Crippen LogP contribution in [0.3, 0.4) is 0 Å². The molecule has 0 unspecified atom stereocenters. The highest BCUT2D eigenvalue weighted by Gasteiger charge is 2.40. The second-order valence-electron chi connectivity index (χ2n) is 15.6. The summed E-state index contributed by atoms with van der Waals surface area (Å²) < 4.78 is 34.1. The van der Waals surface area contributed by atoms with Gasteiger partial charge in [0.05, 0.1) is 5.48 Å². The summed E-state index contributed by atoms with van der Waals surface area (Å²) in [5.74, 6) is -0.442. The maximum absolute atomic E-state index is 11.3. The minimum atomic E-state index is -0.449. The molecule has 2 heterocycles. The van der Waals surface area contributed by atoms with Gasteiger partial charge in [-0.15, -0.1) is 0 Å². The van der Waals surface area contributed by atoms with Crippen molar-refractivity contribution < 1.29 is 10.6 Å². The van der Waals surface area contributed by atoms with Gasteiger partial charge in [0.2, 0.25) is 6.71 Å². The number of hydrogen-bond donors (Lipinski definition) is 1. The molecule has 1 N–H and O–H groups in total. The van der Waals surface area contributed by atoms with Crippen LogP contribution in [0, 0.1) is 0 Å². The summed E-state index contributed by atoms with van der Waals surface area (Å²) >= 11 is 3.70. The molecule has 7 aromatic carbocycles. The first-order valence-electron chi connectivity index (χ1n) is 19.2. The Balaban J connectivity index is 1.34. The van der Waals surface area contributed by atoms with E-state index in [0.717, 1.165) is 32.7 Å². The van der Waals surface area contributed by atoms with Gasteiger partial charge in [0.1, 0.15) is 5.75 Å². The molecule has 0 aromatic heterocycles. The summed E-state index contributed by atoms with van der Waals surface area (Å²) in [6.45, 7) is 13.8. The second kappa shape index (κ2) is 11.3. The van der Waals surface area contributed by atoms with E-state index >= 15 is 0 Å². The molecule has 9 rings (SSSR count). The number of hydrogen-bond acceptors (Lipinski definition) is 3. The van der Waals surface area contributed by atoms with Crippen LogP contribution in [-0.4, -0.2) is 11.8 Å². The van der Waals surface area contributed by atoms with Gasteiger partial charge in [-0.2, -0.15) is 0 Å².